The molecule has 0 saturated carbocycles. The number of amides is 1. The summed E-state index contributed by atoms with van der Waals surface area (Å²) in [4.78, 5) is 14.5. The molecule has 18 heavy (non-hydrogen) atoms. The number of nitrogens with two attached hydrogens (primary N) is 1. The Kier molecular flexibility index (Phi) is 3.90. The Bertz CT molecular complexity index is 422. The van der Waals surface area contributed by atoms with E-state index in [1.54, 1.807) is 6.07 Å². The molecule has 1 fully saturated rings. The predicted molar refractivity (Wildman–Crippen MR) is 74.5 cm³/mol. The minimum atomic E-state index is 0.0969. The van der Waals surface area contributed by atoms with Gasteiger partial charge in [0.25, 0.3) is 5.91 Å². The molecule has 0 radical (unpaired) electrons. The lowest BCUT2D eigenvalue weighted by molar-refractivity contribution is 0.0760. The second-order valence-corrected chi connectivity index (χ2v) is 5.37. The molecule has 3 heteroatoms. The molecule has 0 spiro atoms. The van der Waals surface area contributed by atoms with Gasteiger partial charge in [0, 0.05) is 18.8 Å². The molecule has 0 bridgehead atoms. The first kappa shape index (κ1) is 12.9. The van der Waals surface area contributed by atoms with E-state index in [4.69, 9.17) is 5.73 Å². The summed E-state index contributed by atoms with van der Waals surface area (Å²) in [5.41, 5.74) is 8.20. The average molecular weight is 246 g/mol. The van der Waals surface area contributed by atoms with Gasteiger partial charge >= 0.3 is 0 Å². The van der Waals surface area contributed by atoms with Gasteiger partial charge < -0.3 is 10.6 Å². The molecular formula is C15H22N2O. The summed E-state index contributed by atoms with van der Waals surface area (Å²) in [6.45, 7) is 5.92. The summed E-state index contributed by atoms with van der Waals surface area (Å²) in [5, 5.41) is 0. The lowest BCUT2D eigenvalue weighted by Crippen LogP contribution is -2.33. The standard InChI is InChI=1S/C15H22N2O/c1-11-5-4-9-17(10-8-11)15(18)14-12(2)6-3-7-13(14)16/h3,6-7,11H,4-5,8-10,16H2,1-2H3. The van der Waals surface area contributed by atoms with Gasteiger partial charge in [-0.05, 0) is 43.7 Å². The van der Waals surface area contributed by atoms with Crippen LogP contribution >= 0.6 is 0 Å². The Labute approximate surface area is 109 Å². The quantitative estimate of drug-likeness (QED) is 0.774. The Morgan fingerprint density at radius 1 is 1.33 bits per heavy atom. The molecule has 2 rings (SSSR count). The number of carbonyl (C=O) groups is 1. The average Bonchev–Trinajstić information content (AvgIpc) is 2.53. The van der Waals surface area contributed by atoms with Gasteiger partial charge in [-0.2, -0.15) is 0 Å². The van der Waals surface area contributed by atoms with Gasteiger partial charge in [-0.15, -0.1) is 0 Å². The van der Waals surface area contributed by atoms with Gasteiger partial charge in [0.1, 0.15) is 0 Å². The summed E-state index contributed by atoms with van der Waals surface area (Å²) in [6, 6.07) is 5.65. The van der Waals surface area contributed by atoms with E-state index in [2.05, 4.69) is 6.92 Å². The van der Waals surface area contributed by atoms with Crippen LogP contribution in [-0.4, -0.2) is 23.9 Å². The van der Waals surface area contributed by atoms with E-state index in [-0.39, 0.29) is 5.91 Å². The van der Waals surface area contributed by atoms with E-state index in [0.29, 0.717) is 11.3 Å². The number of nitrogens with zero attached hydrogens (tertiary/aromatic N) is 1. The molecule has 1 saturated heterocycles. The fraction of sp³-hybridized carbons (Fsp3) is 0.533. The van der Waals surface area contributed by atoms with E-state index in [1.807, 2.05) is 24.0 Å². The molecule has 1 unspecified atom stereocenters. The maximum atomic E-state index is 12.5. The molecule has 1 aliphatic rings. The maximum absolute atomic E-state index is 12.5. The van der Waals surface area contributed by atoms with Crippen molar-refractivity contribution in [2.24, 2.45) is 5.92 Å². The number of hydrogen-bond donors (Lipinski definition) is 1. The molecule has 1 aliphatic heterocycles. The summed E-state index contributed by atoms with van der Waals surface area (Å²) < 4.78 is 0. The summed E-state index contributed by atoms with van der Waals surface area (Å²) >= 11 is 0. The normalized spacial score (nSPS) is 20.6. The highest BCUT2D eigenvalue weighted by Gasteiger charge is 2.22. The lowest BCUT2D eigenvalue weighted by Gasteiger charge is -2.22. The van der Waals surface area contributed by atoms with Crippen LogP contribution in [0.4, 0.5) is 5.69 Å². The third-order valence-electron chi connectivity index (χ3n) is 3.82. The van der Waals surface area contributed by atoms with E-state index in [9.17, 15) is 4.79 Å². The molecule has 2 N–H and O–H groups in total. The molecule has 1 atom stereocenters. The van der Waals surface area contributed by atoms with Crippen molar-refractivity contribution in [1.29, 1.82) is 0 Å². The van der Waals surface area contributed by atoms with Crippen LogP contribution in [-0.2, 0) is 0 Å². The van der Waals surface area contributed by atoms with E-state index < -0.39 is 0 Å². The summed E-state index contributed by atoms with van der Waals surface area (Å²) in [7, 11) is 0. The number of benzene rings is 1. The maximum Gasteiger partial charge on any atom is 0.256 e. The second-order valence-electron chi connectivity index (χ2n) is 5.37. The molecular weight excluding hydrogens is 224 g/mol. The minimum absolute atomic E-state index is 0.0969. The zero-order valence-corrected chi connectivity index (χ0v) is 11.3. The molecule has 1 aromatic rings. The zero-order chi connectivity index (χ0) is 13.1. The van der Waals surface area contributed by atoms with E-state index >= 15 is 0 Å². The highest BCUT2D eigenvalue weighted by atomic mass is 16.2. The van der Waals surface area contributed by atoms with Crippen molar-refractivity contribution < 1.29 is 4.79 Å². The summed E-state index contributed by atoms with van der Waals surface area (Å²) in [5.74, 6) is 0.816. The van der Waals surface area contributed by atoms with Crippen molar-refractivity contribution in [3.05, 3.63) is 29.3 Å². The molecule has 1 heterocycles. The smallest absolute Gasteiger partial charge is 0.256 e. The Hall–Kier alpha value is -1.51. The van der Waals surface area contributed by atoms with Gasteiger partial charge in [-0.3, -0.25) is 4.79 Å². The van der Waals surface area contributed by atoms with Crippen molar-refractivity contribution in [3.8, 4) is 0 Å². The molecule has 98 valence electrons. The lowest BCUT2D eigenvalue weighted by atomic mass is 10.0. The highest BCUT2D eigenvalue weighted by Crippen LogP contribution is 2.22. The topological polar surface area (TPSA) is 46.3 Å². The zero-order valence-electron chi connectivity index (χ0n) is 11.3. The third-order valence-corrected chi connectivity index (χ3v) is 3.82. The number of hydrogen-bond acceptors (Lipinski definition) is 2. The fourth-order valence-corrected chi connectivity index (χ4v) is 2.61. The van der Waals surface area contributed by atoms with Crippen LogP contribution in [0, 0.1) is 12.8 Å². The van der Waals surface area contributed by atoms with Gasteiger partial charge in [0.2, 0.25) is 0 Å². The van der Waals surface area contributed by atoms with Gasteiger partial charge in [-0.25, -0.2) is 0 Å². The first-order valence-electron chi connectivity index (χ1n) is 6.74. The number of aryl methyl sites for hydroxylation is 1. The number of anilines is 1. The van der Waals surface area contributed by atoms with Crippen molar-refractivity contribution in [3.63, 3.8) is 0 Å². The predicted octanol–water partition coefficient (Wildman–Crippen LogP) is 2.84. The van der Waals surface area contributed by atoms with Crippen LogP contribution < -0.4 is 5.73 Å². The number of nitrogen functional groups attached to an aromatic ring is 1. The van der Waals surface area contributed by atoms with Crippen molar-refractivity contribution in [2.75, 3.05) is 18.8 Å². The largest absolute Gasteiger partial charge is 0.398 e. The van der Waals surface area contributed by atoms with Crippen molar-refractivity contribution >= 4 is 11.6 Å². The number of rotatable bonds is 1. The Morgan fingerprint density at radius 2 is 2.11 bits per heavy atom. The van der Waals surface area contributed by atoms with Crippen LogP contribution in [0.15, 0.2) is 18.2 Å². The molecule has 1 amide bonds. The Balaban J connectivity index is 2.20. The monoisotopic (exact) mass is 246 g/mol. The van der Waals surface area contributed by atoms with Crippen LogP contribution in [0.1, 0.15) is 42.1 Å². The molecule has 0 aromatic heterocycles. The van der Waals surface area contributed by atoms with Gasteiger partial charge in [-0.1, -0.05) is 19.1 Å². The number of carbonyl (C=O) groups excluding carboxylic acids is 1. The molecule has 1 aromatic carbocycles. The van der Waals surface area contributed by atoms with Crippen LogP contribution in [0.25, 0.3) is 0 Å². The Morgan fingerprint density at radius 3 is 2.83 bits per heavy atom. The number of likely N-dealkylation sites (tertiary alicyclic amines) is 1. The second kappa shape index (κ2) is 5.42. The fourth-order valence-electron chi connectivity index (χ4n) is 2.61. The van der Waals surface area contributed by atoms with Crippen molar-refractivity contribution in [1.82, 2.24) is 4.90 Å². The minimum Gasteiger partial charge on any atom is -0.398 e. The third kappa shape index (κ3) is 2.66. The van der Waals surface area contributed by atoms with E-state index in [0.717, 1.165) is 37.4 Å². The molecule has 3 nitrogen and oxygen atoms in total. The van der Waals surface area contributed by atoms with Crippen molar-refractivity contribution in [2.45, 2.75) is 33.1 Å². The molecule has 0 aliphatic carbocycles. The van der Waals surface area contributed by atoms with Crippen LogP contribution in [0.2, 0.25) is 0 Å². The highest BCUT2D eigenvalue weighted by molar-refractivity contribution is 6.00. The van der Waals surface area contributed by atoms with Crippen LogP contribution in [0.5, 0.6) is 0 Å². The van der Waals surface area contributed by atoms with Crippen LogP contribution in [0.3, 0.4) is 0 Å². The van der Waals surface area contributed by atoms with E-state index in [1.165, 1.54) is 6.42 Å². The SMILES string of the molecule is Cc1cccc(N)c1C(=O)N1CCCC(C)CC1. The summed E-state index contributed by atoms with van der Waals surface area (Å²) in [6.07, 6.45) is 3.41. The van der Waals surface area contributed by atoms with Gasteiger partial charge in [0.05, 0.1) is 5.56 Å². The first-order valence-corrected chi connectivity index (χ1v) is 6.74. The van der Waals surface area contributed by atoms with Gasteiger partial charge in [0.15, 0.2) is 0 Å². The first-order chi connectivity index (χ1) is 8.59.